The summed E-state index contributed by atoms with van der Waals surface area (Å²) in [7, 11) is -3.69. The van der Waals surface area contributed by atoms with Gasteiger partial charge in [0.15, 0.2) is 0 Å². The SMILES string of the molecule is CCc1cnc(C(C)NS(=O)(=O)c2ccccc2CO)s1. The van der Waals surface area contributed by atoms with Gasteiger partial charge >= 0.3 is 0 Å². The number of rotatable bonds is 6. The molecule has 0 spiro atoms. The summed E-state index contributed by atoms with van der Waals surface area (Å²) in [6.07, 6.45) is 2.65. The number of nitrogens with one attached hydrogen (secondary N) is 1. The minimum Gasteiger partial charge on any atom is -0.392 e. The highest BCUT2D eigenvalue weighted by Gasteiger charge is 2.22. The van der Waals surface area contributed by atoms with Gasteiger partial charge in [-0.2, -0.15) is 0 Å². The Kier molecular flexibility index (Phi) is 5.10. The Morgan fingerprint density at radius 2 is 2.10 bits per heavy atom. The van der Waals surface area contributed by atoms with Gasteiger partial charge in [0, 0.05) is 11.1 Å². The monoisotopic (exact) mass is 326 g/mol. The number of benzene rings is 1. The van der Waals surface area contributed by atoms with E-state index in [9.17, 15) is 13.5 Å². The zero-order valence-corrected chi connectivity index (χ0v) is 13.5. The van der Waals surface area contributed by atoms with Crippen LogP contribution in [0.3, 0.4) is 0 Å². The average Bonchev–Trinajstić information content (AvgIpc) is 2.96. The van der Waals surface area contributed by atoms with Crippen LogP contribution in [-0.4, -0.2) is 18.5 Å². The van der Waals surface area contributed by atoms with Crippen molar-refractivity contribution < 1.29 is 13.5 Å². The Bertz CT molecular complexity index is 711. The molecule has 21 heavy (non-hydrogen) atoms. The van der Waals surface area contributed by atoms with Crippen molar-refractivity contribution in [2.75, 3.05) is 0 Å². The number of aromatic nitrogens is 1. The van der Waals surface area contributed by atoms with Gasteiger partial charge in [-0.3, -0.25) is 0 Å². The first kappa shape index (κ1) is 16.1. The first-order valence-electron chi connectivity index (χ1n) is 6.63. The summed E-state index contributed by atoms with van der Waals surface area (Å²) >= 11 is 1.50. The highest BCUT2D eigenvalue weighted by atomic mass is 32.2. The van der Waals surface area contributed by atoms with Gasteiger partial charge in [-0.25, -0.2) is 18.1 Å². The molecule has 114 valence electrons. The van der Waals surface area contributed by atoms with Crippen LogP contribution in [-0.2, 0) is 23.1 Å². The number of aliphatic hydroxyl groups excluding tert-OH is 1. The Labute approximate surface area is 128 Å². The Hall–Kier alpha value is -1.28. The lowest BCUT2D eigenvalue weighted by atomic mass is 10.2. The van der Waals surface area contributed by atoms with Gasteiger partial charge in [0.1, 0.15) is 5.01 Å². The molecular formula is C14H18N2O3S2. The van der Waals surface area contributed by atoms with E-state index in [1.54, 1.807) is 31.3 Å². The predicted octanol–water partition coefficient (Wildman–Crippen LogP) is 2.24. The molecule has 2 N–H and O–H groups in total. The van der Waals surface area contributed by atoms with E-state index in [4.69, 9.17) is 0 Å². The molecule has 0 saturated carbocycles. The van der Waals surface area contributed by atoms with E-state index in [-0.39, 0.29) is 11.5 Å². The maximum absolute atomic E-state index is 12.4. The van der Waals surface area contributed by atoms with E-state index < -0.39 is 16.1 Å². The Morgan fingerprint density at radius 3 is 2.71 bits per heavy atom. The minimum atomic E-state index is -3.69. The highest BCUT2D eigenvalue weighted by molar-refractivity contribution is 7.89. The van der Waals surface area contributed by atoms with Gasteiger partial charge in [0.2, 0.25) is 10.0 Å². The quantitative estimate of drug-likeness (QED) is 0.853. The smallest absolute Gasteiger partial charge is 0.241 e. The summed E-state index contributed by atoms with van der Waals surface area (Å²) in [4.78, 5) is 5.47. The van der Waals surface area contributed by atoms with Crippen molar-refractivity contribution in [2.45, 2.75) is 37.8 Å². The van der Waals surface area contributed by atoms with Crippen molar-refractivity contribution in [3.8, 4) is 0 Å². The number of hydrogen-bond donors (Lipinski definition) is 2. The molecule has 5 nitrogen and oxygen atoms in total. The highest BCUT2D eigenvalue weighted by Crippen LogP contribution is 2.23. The van der Waals surface area contributed by atoms with E-state index in [1.807, 2.05) is 6.92 Å². The summed E-state index contributed by atoms with van der Waals surface area (Å²) in [6.45, 7) is 3.48. The number of thiazole rings is 1. The molecule has 0 aliphatic carbocycles. The molecule has 1 unspecified atom stereocenters. The summed E-state index contributed by atoms with van der Waals surface area (Å²) in [5, 5.41) is 10.00. The van der Waals surface area contributed by atoms with Crippen LogP contribution in [0.5, 0.6) is 0 Å². The molecule has 0 radical (unpaired) electrons. The fourth-order valence-electron chi connectivity index (χ4n) is 1.93. The number of hydrogen-bond acceptors (Lipinski definition) is 5. The minimum absolute atomic E-state index is 0.103. The molecule has 0 saturated heterocycles. The van der Waals surface area contributed by atoms with E-state index in [2.05, 4.69) is 9.71 Å². The van der Waals surface area contributed by atoms with Crippen LogP contribution in [0.4, 0.5) is 0 Å². The van der Waals surface area contributed by atoms with Crippen LogP contribution in [0.1, 0.15) is 35.3 Å². The fraction of sp³-hybridized carbons (Fsp3) is 0.357. The van der Waals surface area contributed by atoms with Crippen LogP contribution in [0, 0.1) is 0 Å². The molecule has 1 aromatic heterocycles. The third-order valence-electron chi connectivity index (χ3n) is 3.05. The van der Waals surface area contributed by atoms with Crippen LogP contribution in [0.15, 0.2) is 35.4 Å². The zero-order chi connectivity index (χ0) is 15.5. The van der Waals surface area contributed by atoms with Crippen LogP contribution in [0.2, 0.25) is 0 Å². The first-order chi connectivity index (χ1) is 9.97. The third-order valence-corrected chi connectivity index (χ3v) is 6.02. The largest absolute Gasteiger partial charge is 0.392 e. The molecule has 2 aromatic rings. The van der Waals surface area contributed by atoms with Crippen molar-refractivity contribution in [1.29, 1.82) is 0 Å². The van der Waals surface area contributed by atoms with Gasteiger partial charge in [-0.05, 0) is 25.0 Å². The number of sulfonamides is 1. The standard InChI is InChI=1S/C14H18N2O3S2/c1-3-12-8-15-14(20-12)10(2)16-21(18,19)13-7-5-4-6-11(13)9-17/h4-8,10,16-17H,3,9H2,1-2H3. The maximum Gasteiger partial charge on any atom is 0.241 e. The molecule has 2 rings (SSSR count). The topological polar surface area (TPSA) is 79.3 Å². The van der Waals surface area contributed by atoms with Crippen molar-refractivity contribution in [2.24, 2.45) is 0 Å². The molecule has 0 bridgehead atoms. The van der Waals surface area contributed by atoms with Gasteiger partial charge in [-0.15, -0.1) is 11.3 Å². The number of aryl methyl sites for hydroxylation is 1. The van der Waals surface area contributed by atoms with Crippen molar-refractivity contribution in [1.82, 2.24) is 9.71 Å². The maximum atomic E-state index is 12.4. The lowest BCUT2D eigenvalue weighted by Gasteiger charge is -2.14. The van der Waals surface area contributed by atoms with Crippen LogP contribution in [0.25, 0.3) is 0 Å². The number of aliphatic hydroxyl groups is 1. The van der Waals surface area contributed by atoms with Crippen LogP contribution < -0.4 is 4.72 Å². The second kappa shape index (κ2) is 6.65. The van der Waals surface area contributed by atoms with Crippen molar-refractivity contribution in [3.63, 3.8) is 0 Å². The predicted molar refractivity (Wildman–Crippen MR) is 82.6 cm³/mol. The Morgan fingerprint density at radius 1 is 1.38 bits per heavy atom. The molecule has 7 heteroatoms. The van der Waals surface area contributed by atoms with Gasteiger partial charge in [0.25, 0.3) is 0 Å². The second-order valence-corrected chi connectivity index (χ2v) is 7.46. The molecular weight excluding hydrogens is 308 g/mol. The normalized spacial score (nSPS) is 13.3. The van der Waals surface area contributed by atoms with Crippen molar-refractivity contribution in [3.05, 3.63) is 45.9 Å². The number of nitrogens with zero attached hydrogens (tertiary/aromatic N) is 1. The van der Waals surface area contributed by atoms with E-state index in [0.29, 0.717) is 5.56 Å². The summed E-state index contributed by atoms with van der Waals surface area (Å²) in [5.41, 5.74) is 0.380. The lowest BCUT2D eigenvalue weighted by Crippen LogP contribution is -2.27. The lowest BCUT2D eigenvalue weighted by molar-refractivity contribution is 0.278. The summed E-state index contributed by atoms with van der Waals surface area (Å²) in [6, 6.07) is 6.00. The Balaban J connectivity index is 2.24. The van der Waals surface area contributed by atoms with E-state index >= 15 is 0 Å². The third kappa shape index (κ3) is 3.68. The molecule has 0 aliphatic rings. The molecule has 1 aromatic carbocycles. The molecule has 0 amide bonds. The van der Waals surface area contributed by atoms with E-state index in [0.717, 1.165) is 16.3 Å². The van der Waals surface area contributed by atoms with Gasteiger partial charge in [-0.1, -0.05) is 25.1 Å². The fourth-order valence-corrected chi connectivity index (χ4v) is 4.30. The zero-order valence-electron chi connectivity index (χ0n) is 11.9. The molecule has 0 fully saturated rings. The summed E-state index contributed by atoms with van der Waals surface area (Å²) in [5.74, 6) is 0. The van der Waals surface area contributed by atoms with Gasteiger partial charge in [0.05, 0.1) is 17.5 Å². The van der Waals surface area contributed by atoms with E-state index in [1.165, 1.54) is 17.4 Å². The summed E-state index contributed by atoms with van der Waals surface area (Å²) < 4.78 is 27.5. The molecule has 1 heterocycles. The molecule has 0 aliphatic heterocycles. The molecule has 1 atom stereocenters. The second-order valence-electron chi connectivity index (χ2n) is 4.63. The first-order valence-corrected chi connectivity index (χ1v) is 8.93. The van der Waals surface area contributed by atoms with Crippen molar-refractivity contribution >= 4 is 21.4 Å². The van der Waals surface area contributed by atoms with Crippen LogP contribution >= 0.6 is 11.3 Å². The average molecular weight is 326 g/mol. The van der Waals surface area contributed by atoms with Gasteiger partial charge < -0.3 is 5.11 Å².